The third kappa shape index (κ3) is 3.84. The first-order chi connectivity index (χ1) is 10.8. The molecule has 126 valence electrons. The fourth-order valence-corrected chi connectivity index (χ4v) is 4.33. The van der Waals surface area contributed by atoms with Crippen molar-refractivity contribution in [1.29, 1.82) is 0 Å². The van der Waals surface area contributed by atoms with Crippen LogP contribution in [0.3, 0.4) is 0 Å². The first kappa shape index (κ1) is 15.4. The van der Waals surface area contributed by atoms with Crippen LogP contribution in [0.1, 0.15) is 39.0 Å². The van der Waals surface area contributed by atoms with E-state index in [0.29, 0.717) is 0 Å². The van der Waals surface area contributed by atoms with E-state index in [0.717, 1.165) is 18.1 Å². The lowest BCUT2D eigenvalue weighted by molar-refractivity contribution is 0.0793. The molecule has 4 heteroatoms. The van der Waals surface area contributed by atoms with Crippen LogP contribution in [0.25, 0.3) is 0 Å². The molecule has 0 aromatic rings. The van der Waals surface area contributed by atoms with Gasteiger partial charge in [0.05, 0.1) is 0 Å². The Morgan fingerprint density at radius 1 is 0.727 bits per heavy atom. The largest absolute Gasteiger partial charge is 0.301 e. The summed E-state index contributed by atoms with van der Waals surface area (Å²) in [6.45, 7) is 14.2. The van der Waals surface area contributed by atoms with Gasteiger partial charge in [-0.25, -0.2) is 0 Å². The minimum atomic E-state index is 0.766. The van der Waals surface area contributed by atoms with Crippen LogP contribution in [-0.4, -0.2) is 96.6 Å². The molecular weight excluding hydrogens is 272 g/mol. The van der Waals surface area contributed by atoms with Crippen molar-refractivity contribution in [2.45, 2.75) is 57.2 Å². The van der Waals surface area contributed by atoms with Crippen molar-refractivity contribution in [3.8, 4) is 0 Å². The summed E-state index contributed by atoms with van der Waals surface area (Å²) in [7, 11) is 0. The van der Waals surface area contributed by atoms with Crippen LogP contribution in [0.15, 0.2) is 0 Å². The molecule has 4 nitrogen and oxygen atoms in total. The first-order valence-corrected chi connectivity index (χ1v) is 9.74. The van der Waals surface area contributed by atoms with E-state index in [-0.39, 0.29) is 0 Å². The lowest BCUT2D eigenvalue weighted by Gasteiger charge is -2.39. The third-order valence-corrected chi connectivity index (χ3v) is 6.37. The van der Waals surface area contributed by atoms with E-state index in [1.807, 2.05) is 0 Å². The summed E-state index contributed by atoms with van der Waals surface area (Å²) in [5.41, 5.74) is 0. The molecule has 4 aliphatic rings. The number of rotatable bonds is 6. The van der Waals surface area contributed by atoms with Crippen molar-refractivity contribution in [2.24, 2.45) is 0 Å². The molecule has 2 saturated carbocycles. The molecule has 0 bridgehead atoms. The smallest absolute Gasteiger partial charge is 0.0113 e. The van der Waals surface area contributed by atoms with Gasteiger partial charge in [-0.2, -0.15) is 0 Å². The lowest BCUT2D eigenvalue weighted by atomic mass is 10.1. The molecule has 0 aromatic carbocycles. The van der Waals surface area contributed by atoms with Gasteiger partial charge in [-0.1, -0.05) is 0 Å². The number of nitrogens with zero attached hydrogens (tertiary/aromatic N) is 4. The zero-order chi connectivity index (χ0) is 14.9. The molecule has 0 N–H and O–H groups in total. The fourth-order valence-electron chi connectivity index (χ4n) is 4.33. The quantitative estimate of drug-likeness (QED) is 0.734. The van der Waals surface area contributed by atoms with E-state index < -0.39 is 0 Å². The average molecular weight is 306 g/mol. The molecule has 0 radical (unpaired) electrons. The third-order valence-electron chi connectivity index (χ3n) is 6.37. The molecule has 0 aromatic heterocycles. The maximum absolute atomic E-state index is 2.74. The van der Waals surface area contributed by atoms with Crippen LogP contribution in [0.4, 0.5) is 0 Å². The average Bonchev–Trinajstić information content (AvgIpc) is 3.45. The van der Waals surface area contributed by atoms with Crippen LogP contribution < -0.4 is 0 Å². The lowest BCUT2D eigenvalue weighted by Crippen LogP contribution is -2.51. The highest BCUT2D eigenvalue weighted by Gasteiger charge is 2.33. The van der Waals surface area contributed by atoms with Crippen molar-refractivity contribution in [3.05, 3.63) is 0 Å². The summed E-state index contributed by atoms with van der Waals surface area (Å²) < 4.78 is 0. The standard InChI is InChI=1S/C18H34N4/c1-16(20-12-14-22(15-13-20)18-4-5-18)6-7-19-8-10-21(11-9-19)17-2-3-17/h16-18H,2-15H2,1H3/t16-/m1/s1. The van der Waals surface area contributed by atoms with Crippen LogP contribution in [-0.2, 0) is 0 Å². The van der Waals surface area contributed by atoms with Crippen molar-refractivity contribution < 1.29 is 0 Å². The first-order valence-electron chi connectivity index (χ1n) is 9.74. The Kier molecular flexibility index (Phi) is 4.72. The Balaban J connectivity index is 1.13. The molecular formula is C18H34N4. The predicted molar refractivity (Wildman–Crippen MR) is 91.3 cm³/mol. The van der Waals surface area contributed by atoms with Gasteiger partial charge in [0, 0.05) is 70.5 Å². The topological polar surface area (TPSA) is 13.0 Å². The van der Waals surface area contributed by atoms with Gasteiger partial charge in [0.15, 0.2) is 0 Å². The van der Waals surface area contributed by atoms with Gasteiger partial charge in [-0.3, -0.25) is 14.7 Å². The molecule has 4 fully saturated rings. The van der Waals surface area contributed by atoms with Gasteiger partial charge < -0.3 is 4.90 Å². The summed E-state index contributed by atoms with van der Waals surface area (Å²) in [6, 6.07) is 2.69. The zero-order valence-corrected chi connectivity index (χ0v) is 14.4. The van der Waals surface area contributed by atoms with Crippen LogP contribution in [0.5, 0.6) is 0 Å². The number of hydrogen-bond donors (Lipinski definition) is 0. The van der Waals surface area contributed by atoms with E-state index in [2.05, 4.69) is 26.5 Å². The molecule has 4 rings (SSSR count). The van der Waals surface area contributed by atoms with Gasteiger partial charge in [-0.05, 0) is 45.6 Å². The highest BCUT2D eigenvalue weighted by atomic mass is 15.3. The Labute approximate surface area is 136 Å². The van der Waals surface area contributed by atoms with Crippen molar-refractivity contribution in [1.82, 2.24) is 19.6 Å². The summed E-state index contributed by atoms with van der Waals surface area (Å²) in [5, 5.41) is 0. The van der Waals surface area contributed by atoms with Crippen molar-refractivity contribution in [2.75, 3.05) is 58.9 Å². The fraction of sp³-hybridized carbons (Fsp3) is 1.00. The maximum atomic E-state index is 2.74. The van der Waals surface area contributed by atoms with Gasteiger partial charge in [-0.15, -0.1) is 0 Å². The van der Waals surface area contributed by atoms with Crippen LogP contribution >= 0.6 is 0 Å². The second-order valence-electron chi connectivity index (χ2n) is 8.05. The van der Waals surface area contributed by atoms with E-state index in [1.165, 1.54) is 91.0 Å². The minimum absolute atomic E-state index is 0.766. The highest BCUT2D eigenvalue weighted by molar-refractivity contribution is 4.89. The van der Waals surface area contributed by atoms with Crippen molar-refractivity contribution in [3.63, 3.8) is 0 Å². The molecule has 0 spiro atoms. The van der Waals surface area contributed by atoms with Crippen LogP contribution in [0.2, 0.25) is 0 Å². The number of hydrogen-bond acceptors (Lipinski definition) is 4. The summed E-state index contributed by atoms with van der Waals surface area (Å²) in [4.78, 5) is 10.9. The maximum Gasteiger partial charge on any atom is 0.0113 e. The van der Waals surface area contributed by atoms with Crippen molar-refractivity contribution >= 4 is 0 Å². The highest BCUT2D eigenvalue weighted by Crippen LogP contribution is 2.28. The summed E-state index contributed by atoms with van der Waals surface area (Å²) >= 11 is 0. The van der Waals surface area contributed by atoms with Gasteiger partial charge >= 0.3 is 0 Å². The molecule has 0 amide bonds. The molecule has 2 aliphatic carbocycles. The van der Waals surface area contributed by atoms with Gasteiger partial charge in [0.1, 0.15) is 0 Å². The minimum Gasteiger partial charge on any atom is -0.301 e. The molecule has 2 aliphatic heterocycles. The molecule has 1 atom stereocenters. The Morgan fingerprint density at radius 3 is 1.73 bits per heavy atom. The Hall–Kier alpha value is -0.160. The van der Waals surface area contributed by atoms with E-state index in [4.69, 9.17) is 0 Å². The monoisotopic (exact) mass is 306 g/mol. The number of piperazine rings is 2. The Morgan fingerprint density at radius 2 is 1.23 bits per heavy atom. The molecule has 22 heavy (non-hydrogen) atoms. The second-order valence-corrected chi connectivity index (χ2v) is 8.05. The van der Waals surface area contributed by atoms with E-state index in [9.17, 15) is 0 Å². The van der Waals surface area contributed by atoms with E-state index >= 15 is 0 Å². The van der Waals surface area contributed by atoms with Crippen LogP contribution in [0, 0.1) is 0 Å². The second kappa shape index (κ2) is 6.76. The molecule has 2 saturated heterocycles. The normalized spacial score (nSPS) is 31.5. The van der Waals surface area contributed by atoms with Gasteiger partial charge in [0.25, 0.3) is 0 Å². The summed E-state index contributed by atoms with van der Waals surface area (Å²) in [6.07, 6.45) is 7.20. The van der Waals surface area contributed by atoms with Gasteiger partial charge in [0.2, 0.25) is 0 Å². The summed E-state index contributed by atoms with van der Waals surface area (Å²) in [5.74, 6) is 0. The molecule has 2 heterocycles. The molecule has 0 unspecified atom stereocenters. The zero-order valence-electron chi connectivity index (χ0n) is 14.4. The van der Waals surface area contributed by atoms with E-state index in [1.54, 1.807) is 0 Å². The predicted octanol–water partition coefficient (Wildman–Crippen LogP) is 1.33. The Bertz CT molecular complexity index is 350. The SMILES string of the molecule is C[C@H](CCN1CCN(C2CC2)CC1)N1CCN(C2CC2)CC1.